The second-order valence-corrected chi connectivity index (χ2v) is 5.74. The lowest BCUT2D eigenvalue weighted by atomic mass is 10.2. The first-order valence-corrected chi connectivity index (χ1v) is 7.62. The molecule has 1 heterocycles. The topological polar surface area (TPSA) is 34.1 Å². The third-order valence-corrected chi connectivity index (χ3v) is 3.51. The molecule has 1 aromatic heterocycles. The third-order valence-electron chi connectivity index (χ3n) is 2.86. The van der Waals surface area contributed by atoms with Crippen molar-refractivity contribution in [1.82, 2.24) is 4.98 Å². The van der Waals surface area contributed by atoms with Crippen LogP contribution in [0.25, 0.3) is 0 Å². The normalized spacial score (nSPS) is 9.95. The smallest absolute Gasteiger partial charge is 0.140 e. The van der Waals surface area contributed by atoms with E-state index < -0.39 is 0 Å². The summed E-state index contributed by atoms with van der Waals surface area (Å²) in [6.07, 6.45) is 5.41. The number of rotatable bonds is 5. The summed E-state index contributed by atoms with van der Waals surface area (Å²) < 4.78 is 5.67. The molecule has 0 bridgehead atoms. The average Bonchev–Trinajstić information content (AvgIpc) is 2.51. The minimum atomic E-state index is 0.486. The van der Waals surface area contributed by atoms with Crippen molar-refractivity contribution >= 4 is 34.5 Å². The van der Waals surface area contributed by atoms with Gasteiger partial charge in [0.05, 0.1) is 5.02 Å². The number of allylic oxidation sites excluding steroid dienone is 1. The molecule has 0 spiro atoms. The Morgan fingerprint density at radius 2 is 2.00 bits per heavy atom. The molecule has 0 unspecified atom stereocenters. The van der Waals surface area contributed by atoms with Gasteiger partial charge in [0.15, 0.2) is 0 Å². The van der Waals surface area contributed by atoms with Gasteiger partial charge in [0.25, 0.3) is 0 Å². The molecule has 0 aliphatic heterocycles. The van der Waals surface area contributed by atoms with Gasteiger partial charge in [-0.3, -0.25) is 4.98 Å². The van der Waals surface area contributed by atoms with E-state index in [0.717, 1.165) is 11.3 Å². The molecule has 0 aliphatic rings. The fraction of sp³-hybridized carbons (Fsp3) is 0.176. The highest BCUT2D eigenvalue weighted by Gasteiger charge is 2.06. The monoisotopic (exact) mass is 332 g/mol. The van der Waals surface area contributed by atoms with Crippen molar-refractivity contribution in [2.24, 2.45) is 0 Å². The van der Waals surface area contributed by atoms with Crippen LogP contribution >= 0.6 is 23.8 Å². The first-order valence-electron chi connectivity index (χ1n) is 6.83. The predicted molar refractivity (Wildman–Crippen MR) is 95.9 cm³/mol. The van der Waals surface area contributed by atoms with Gasteiger partial charge in [-0.2, -0.15) is 0 Å². The second kappa shape index (κ2) is 7.92. The summed E-state index contributed by atoms with van der Waals surface area (Å²) in [5.41, 5.74) is 2.94. The van der Waals surface area contributed by atoms with Gasteiger partial charge in [-0.05, 0) is 44.2 Å². The Kier molecular flexibility index (Phi) is 5.92. The molecule has 114 valence electrons. The van der Waals surface area contributed by atoms with E-state index in [1.54, 1.807) is 18.5 Å². The molecule has 0 radical (unpaired) electrons. The highest BCUT2D eigenvalue weighted by molar-refractivity contribution is 7.81. The lowest BCUT2D eigenvalue weighted by Gasteiger charge is -2.11. The Morgan fingerprint density at radius 3 is 2.68 bits per heavy atom. The van der Waals surface area contributed by atoms with Crippen LogP contribution in [0, 0.1) is 0 Å². The van der Waals surface area contributed by atoms with Crippen molar-refractivity contribution in [1.29, 1.82) is 0 Å². The molecule has 0 aliphatic carbocycles. The largest absolute Gasteiger partial charge is 0.488 e. The molecule has 1 aromatic carbocycles. The Labute approximate surface area is 141 Å². The van der Waals surface area contributed by atoms with Gasteiger partial charge in [0, 0.05) is 29.7 Å². The van der Waals surface area contributed by atoms with Gasteiger partial charge in [-0.15, -0.1) is 0 Å². The molecule has 2 rings (SSSR count). The SMILES string of the molecule is CC(C)=CCOc1cc(NC(=S)c2ccncc2)ccc1Cl. The van der Waals surface area contributed by atoms with Gasteiger partial charge in [0.1, 0.15) is 17.3 Å². The average molecular weight is 333 g/mol. The van der Waals surface area contributed by atoms with Gasteiger partial charge in [-0.1, -0.05) is 29.4 Å². The van der Waals surface area contributed by atoms with Crippen molar-refractivity contribution in [3.63, 3.8) is 0 Å². The zero-order chi connectivity index (χ0) is 15.9. The van der Waals surface area contributed by atoms with E-state index in [2.05, 4.69) is 10.3 Å². The Morgan fingerprint density at radius 1 is 1.27 bits per heavy atom. The fourth-order valence-electron chi connectivity index (χ4n) is 1.70. The summed E-state index contributed by atoms with van der Waals surface area (Å²) in [4.78, 5) is 4.60. The van der Waals surface area contributed by atoms with Gasteiger partial charge >= 0.3 is 0 Å². The summed E-state index contributed by atoms with van der Waals surface area (Å²) >= 11 is 11.5. The predicted octanol–water partition coefficient (Wildman–Crippen LogP) is 4.87. The van der Waals surface area contributed by atoms with E-state index in [1.807, 2.05) is 44.2 Å². The first-order chi connectivity index (χ1) is 10.6. The summed E-state index contributed by atoms with van der Waals surface area (Å²) in [7, 11) is 0. The number of benzene rings is 1. The number of anilines is 1. The molecule has 2 aromatic rings. The molecular weight excluding hydrogens is 316 g/mol. The van der Waals surface area contributed by atoms with Crippen LogP contribution in [-0.4, -0.2) is 16.6 Å². The standard InChI is InChI=1S/C17H17ClN2OS/c1-12(2)7-10-21-16-11-14(3-4-15(16)18)20-17(22)13-5-8-19-9-6-13/h3-9,11H,10H2,1-2H3,(H,20,22). The Bertz CT molecular complexity index is 682. The second-order valence-electron chi connectivity index (χ2n) is 4.93. The molecule has 0 fully saturated rings. The van der Waals surface area contributed by atoms with Gasteiger partial charge in [0.2, 0.25) is 0 Å². The van der Waals surface area contributed by atoms with Crippen LogP contribution in [0.2, 0.25) is 5.02 Å². The van der Waals surface area contributed by atoms with Crippen molar-refractivity contribution in [2.75, 3.05) is 11.9 Å². The highest BCUT2D eigenvalue weighted by Crippen LogP contribution is 2.28. The number of nitrogens with one attached hydrogen (secondary N) is 1. The number of halogens is 1. The van der Waals surface area contributed by atoms with E-state index >= 15 is 0 Å². The molecule has 22 heavy (non-hydrogen) atoms. The van der Waals surface area contributed by atoms with E-state index in [0.29, 0.717) is 22.4 Å². The minimum absolute atomic E-state index is 0.486. The zero-order valence-corrected chi connectivity index (χ0v) is 14.0. The van der Waals surface area contributed by atoms with E-state index in [9.17, 15) is 0 Å². The number of ether oxygens (including phenoxy) is 1. The van der Waals surface area contributed by atoms with E-state index in [1.165, 1.54) is 5.57 Å². The lowest BCUT2D eigenvalue weighted by molar-refractivity contribution is 0.362. The van der Waals surface area contributed by atoms with Crippen LogP contribution < -0.4 is 10.1 Å². The minimum Gasteiger partial charge on any atom is -0.488 e. The maximum absolute atomic E-state index is 6.15. The maximum Gasteiger partial charge on any atom is 0.140 e. The molecule has 1 N–H and O–H groups in total. The number of hydrogen-bond donors (Lipinski definition) is 1. The number of nitrogens with zero attached hydrogens (tertiary/aromatic N) is 1. The number of pyridine rings is 1. The van der Waals surface area contributed by atoms with Crippen LogP contribution in [0.1, 0.15) is 19.4 Å². The van der Waals surface area contributed by atoms with Crippen molar-refractivity contribution in [3.05, 3.63) is 65.0 Å². The van der Waals surface area contributed by atoms with Crippen LogP contribution in [0.4, 0.5) is 5.69 Å². The number of hydrogen-bond acceptors (Lipinski definition) is 3. The van der Waals surface area contributed by atoms with E-state index in [4.69, 9.17) is 28.6 Å². The zero-order valence-electron chi connectivity index (χ0n) is 12.5. The molecular formula is C17H17ClN2OS. The van der Waals surface area contributed by atoms with Crippen molar-refractivity contribution in [2.45, 2.75) is 13.8 Å². The lowest BCUT2D eigenvalue weighted by Crippen LogP contribution is -2.10. The molecule has 0 saturated heterocycles. The third kappa shape index (κ3) is 4.83. The van der Waals surface area contributed by atoms with Crippen molar-refractivity contribution in [3.8, 4) is 5.75 Å². The van der Waals surface area contributed by atoms with Gasteiger partial charge < -0.3 is 10.1 Å². The van der Waals surface area contributed by atoms with Crippen LogP contribution in [0.15, 0.2) is 54.4 Å². The number of thiocarbonyl (C=S) groups is 1. The van der Waals surface area contributed by atoms with Crippen LogP contribution in [0.5, 0.6) is 5.75 Å². The van der Waals surface area contributed by atoms with Crippen LogP contribution in [0.3, 0.4) is 0 Å². The molecule has 5 heteroatoms. The molecule has 0 saturated carbocycles. The summed E-state index contributed by atoms with van der Waals surface area (Å²) in [6, 6.07) is 9.21. The van der Waals surface area contributed by atoms with Gasteiger partial charge in [-0.25, -0.2) is 0 Å². The molecule has 0 amide bonds. The quantitative estimate of drug-likeness (QED) is 0.626. The Balaban J connectivity index is 2.09. The first kappa shape index (κ1) is 16.5. The summed E-state index contributed by atoms with van der Waals surface area (Å²) in [6.45, 7) is 4.53. The maximum atomic E-state index is 6.15. The number of aromatic nitrogens is 1. The summed E-state index contributed by atoms with van der Waals surface area (Å²) in [5, 5.41) is 3.75. The highest BCUT2D eigenvalue weighted by atomic mass is 35.5. The molecule has 3 nitrogen and oxygen atoms in total. The van der Waals surface area contributed by atoms with E-state index in [-0.39, 0.29) is 0 Å². The fourth-order valence-corrected chi connectivity index (χ4v) is 2.12. The molecule has 0 atom stereocenters. The van der Waals surface area contributed by atoms with Crippen molar-refractivity contribution < 1.29 is 4.74 Å². The van der Waals surface area contributed by atoms with Crippen LogP contribution in [-0.2, 0) is 0 Å². The summed E-state index contributed by atoms with van der Waals surface area (Å²) in [5.74, 6) is 0.627. The Hall–Kier alpha value is -1.91.